The quantitative estimate of drug-likeness (QED) is 0.886. The van der Waals surface area contributed by atoms with Gasteiger partial charge in [0.1, 0.15) is 0 Å². The van der Waals surface area contributed by atoms with Crippen LogP contribution in [0.25, 0.3) is 10.9 Å². The number of hydrogen-bond acceptors (Lipinski definition) is 2. The van der Waals surface area contributed by atoms with Crippen LogP contribution in [-0.2, 0) is 16.6 Å². The number of rotatable bonds is 5. The van der Waals surface area contributed by atoms with Gasteiger partial charge < -0.3 is 15.2 Å². The first-order valence-electron chi connectivity index (χ1n) is 8.74. The van der Waals surface area contributed by atoms with Crippen LogP contribution in [0.15, 0.2) is 30.5 Å². The molecule has 5 heteroatoms. The van der Waals surface area contributed by atoms with Gasteiger partial charge in [0, 0.05) is 25.1 Å². The third kappa shape index (κ3) is 3.96. The van der Waals surface area contributed by atoms with Crippen LogP contribution in [-0.4, -0.2) is 22.9 Å². The fraction of sp³-hybridized carbons (Fsp3) is 0.474. The Labute approximate surface area is 142 Å². The van der Waals surface area contributed by atoms with Crippen molar-refractivity contribution < 1.29 is 9.59 Å². The summed E-state index contributed by atoms with van der Waals surface area (Å²) in [5, 5.41) is 6.73. The predicted molar refractivity (Wildman–Crippen MR) is 95.8 cm³/mol. The number of fused-ring (bicyclic) bond motifs is 1. The van der Waals surface area contributed by atoms with Crippen LogP contribution in [0.2, 0.25) is 0 Å². The number of carbonyl (C=O) groups is 2. The van der Waals surface area contributed by atoms with E-state index in [0.717, 1.165) is 29.4 Å². The SMILES string of the molecule is Cn1ccc2cccc(NC(=O)CNC(=O)CC3CCCCC3)c21. The fourth-order valence-corrected chi connectivity index (χ4v) is 3.56. The highest BCUT2D eigenvalue weighted by Crippen LogP contribution is 2.26. The summed E-state index contributed by atoms with van der Waals surface area (Å²) in [6.07, 6.45) is 8.50. The van der Waals surface area contributed by atoms with Crippen molar-refractivity contribution in [3.63, 3.8) is 0 Å². The second-order valence-corrected chi connectivity index (χ2v) is 6.70. The number of aryl methyl sites for hydroxylation is 1. The molecule has 128 valence electrons. The van der Waals surface area contributed by atoms with Gasteiger partial charge in [-0.2, -0.15) is 0 Å². The number of amides is 2. The molecule has 1 aliphatic rings. The molecule has 1 aromatic carbocycles. The molecule has 3 rings (SSSR count). The summed E-state index contributed by atoms with van der Waals surface area (Å²) in [6, 6.07) is 7.82. The lowest BCUT2D eigenvalue weighted by Gasteiger charge is -2.20. The van der Waals surface area contributed by atoms with Gasteiger partial charge in [-0.1, -0.05) is 31.4 Å². The number of anilines is 1. The zero-order chi connectivity index (χ0) is 16.9. The highest BCUT2D eigenvalue weighted by atomic mass is 16.2. The van der Waals surface area contributed by atoms with E-state index in [4.69, 9.17) is 0 Å². The van der Waals surface area contributed by atoms with Gasteiger partial charge in [0.05, 0.1) is 17.7 Å². The number of benzene rings is 1. The van der Waals surface area contributed by atoms with Crippen molar-refractivity contribution in [1.82, 2.24) is 9.88 Å². The molecule has 0 aliphatic heterocycles. The van der Waals surface area contributed by atoms with Gasteiger partial charge in [-0.25, -0.2) is 0 Å². The lowest BCUT2D eigenvalue weighted by molar-refractivity contribution is -0.125. The molecule has 0 saturated heterocycles. The molecule has 1 fully saturated rings. The van der Waals surface area contributed by atoms with Crippen molar-refractivity contribution >= 4 is 28.4 Å². The maximum Gasteiger partial charge on any atom is 0.243 e. The number of nitrogens with zero attached hydrogens (tertiary/aromatic N) is 1. The Morgan fingerprint density at radius 1 is 1.12 bits per heavy atom. The second kappa shape index (κ2) is 7.51. The highest BCUT2D eigenvalue weighted by molar-refractivity contribution is 6.02. The van der Waals surface area contributed by atoms with E-state index in [9.17, 15) is 9.59 Å². The minimum absolute atomic E-state index is 0.0193. The molecule has 2 N–H and O–H groups in total. The average Bonchev–Trinajstić information content (AvgIpc) is 2.96. The van der Waals surface area contributed by atoms with Crippen molar-refractivity contribution in [2.75, 3.05) is 11.9 Å². The molecule has 2 amide bonds. The summed E-state index contributed by atoms with van der Waals surface area (Å²) in [6.45, 7) is 0.0202. The van der Waals surface area contributed by atoms with Gasteiger partial charge in [-0.05, 0) is 30.9 Å². The van der Waals surface area contributed by atoms with Crippen molar-refractivity contribution in [1.29, 1.82) is 0 Å². The number of nitrogens with one attached hydrogen (secondary N) is 2. The maximum atomic E-state index is 12.2. The standard InChI is InChI=1S/C19H25N3O2/c1-22-11-10-15-8-5-9-16(19(15)22)21-18(24)13-20-17(23)12-14-6-3-2-4-7-14/h5,8-11,14H,2-4,6-7,12-13H2,1H3,(H,20,23)(H,21,24). The summed E-state index contributed by atoms with van der Waals surface area (Å²) < 4.78 is 1.98. The lowest BCUT2D eigenvalue weighted by atomic mass is 9.87. The van der Waals surface area contributed by atoms with Crippen molar-refractivity contribution in [3.05, 3.63) is 30.5 Å². The second-order valence-electron chi connectivity index (χ2n) is 6.70. The van der Waals surface area contributed by atoms with E-state index in [0.29, 0.717) is 12.3 Å². The van der Waals surface area contributed by atoms with Crippen molar-refractivity contribution in [2.24, 2.45) is 13.0 Å². The minimum Gasteiger partial charge on any atom is -0.349 e. The van der Waals surface area contributed by atoms with E-state index in [1.807, 2.05) is 42.1 Å². The van der Waals surface area contributed by atoms with Crippen LogP contribution in [0.3, 0.4) is 0 Å². The van der Waals surface area contributed by atoms with Gasteiger partial charge in [-0.3, -0.25) is 9.59 Å². The van der Waals surface area contributed by atoms with Gasteiger partial charge in [0.25, 0.3) is 0 Å². The van der Waals surface area contributed by atoms with E-state index < -0.39 is 0 Å². The molecule has 2 aromatic rings. The Morgan fingerprint density at radius 2 is 1.92 bits per heavy atom. The number of para-hydroxylation sites is 1. The average molecular weight is 327 g/mol. The van der Waals surface area contributed by atoms with E-state index in [1.54, 1.807) is 0 Å². The smallest absolute Gasteiger partial charge is 0.243 e. The minimum atomic E-state index is -0.194. The number of carbonyl (C=O) groups excluding carboxylic acids is 2. The maximum absolute atomic E-state index is 12.2. The van der Waals surface area contributed by atoms with Crippen molar-refractivity contribution in [2.45, 2.75) is 38.5 Å². The summed E-state index contributed by atoms with van der Waals surface area (Å²) in [7, 11) is 1.95. The van der Waals surface area contributed by atoms with Gasteiger partial charge in [0.15, 0.2) is 0 Å². The molecule has 0 unspecified atom stereocenters. The number of hydrogen-bond donors (Lipinski definition) is 2. The zero-order valence-electron chi connectivity index (χ0n) is 14.2. The van der Waals surface area contributed by atoms with Crippen LogP contribution in [0.5, 0.6) is 0 Å². The van der Waals surface area contributed by atoms with Crippen molar-refractivity contribution in [3.8, 4) is 0 Å². The van der Waals surface area contributed by atoms with Gasteiger partial charge in [-0.15, -0.1) is 0 Å². The van der Waals surface area contributed by atoms with E-state index in [-0.39, 0.29) is 18.4 Å². The Balaban J connectivity index is 1.51. The van der Waals surface area contributed by atoms with Gasteiger partial charge in [0.2, 0.25) is 11.8 Å². The first-order valence-corrected chi connectivity index (χ1v) is 8.74. The third-order valence-electron chi connectivity index (χ3n) is 4.82. The molecule has 0 spiro atoms. The largest absolute Gasteiger partial charge is 0.349 e. The molecule has 1 heterocycles. The van der Waals surface area contributed by atoms with E-state index in [1.165, 1.54) is 19.3 Å². The summed E-state index contributed by atoms with van der Waals surface area (Å²) >= 11 is 0. The molecule has 24 heavy (non-hydrogen) atoms. The Kier molecular flexibility index (Phi) is 5.18. The fourth-order valence-electron chi connectivity index (χ4n) is 3.56. The topological polar surface area (TPSA) is 63.1 Å². The molecule has 5 nitrogen and oxygen atoms in total. The van der Waals surface area contributed by atoms with Crippen LogP contribution in [0, 0.1) is 5.92 Å². The molecule has 0 atom stereocenters. The van der Waals surface area contributed by atoms with E-state index >= 15 is 0 Å². The predicted octanol–water partition coefficient (Wildman–Crippen LogP) is 3.20. The lowest BCUT2D eigenvalue weighted by Crippen LogP contribution is -2.34. The monoisotopic (exact) mass is 327 g/mol. The Morgan fingerprint density at radius 3 is 2.71 bits per heavy atom. The Hall–Kier alpha value is -2.30. The summed E-state index contributed by atoms with van der Waals surface area (Å²) in [5.74, 6) is 0.272. The normalized spacial score (nSPS) is 15.4. The highest BCUT2D eigenvalue weighted by Gasteiger charge is 2.17. The number of aromatic nitrogens is 1. The van der Waals surface area contributed by atoms with Crippen LogP contribution in [0.1, 0.15) is 38.5 Å². The first-order chi connectivity index (χ1) is 11.6. The third-order valence-corrected chi connectivity index (χ3v) is 4.82. The molecule has 1 aliphatic carbocycles. The molecule has 0 radical (unpaired) electrons. The molecule has 1 aromatic heterocycles. The Bertz CT molecular complexity index is 729. The summed E-state index contributed by atoms with van der Waals surface area (Å²) in [4.78, 5) is 24.1. The zero-order valence-corrected chi connectivity index (χ0v) is 14.2. The molecular formula is C19H25N3O2. The van der Waals surface area contributed by atoms with Crippen LogP contribution in [0.4, 0.5) is 5.69 Å². The molecule has 0 bridgehead atoms. The van der Waals surface area contributed by atoms with E-state index in [2.05, 4.69) is 10.6 Å². The molecular weight excluding hydrogens is 302 g/mol. The first kappa shape index (κ1) is 16.6. The molecule has 1 saturated carbocycles. The van der Waals surface area contributed by atoms with Crippen LogP contribution < -0.4 is 10.6 Å². The van der Waals surface area contributed by atoms with Crippen LogP contribution >= 0.6 is 0 Å². The summed E-state index contributed by atoms with van der Waals surface area (Å²) in [5.41, 5.74) is 1.76. The van der Waals surface area contributed by atoms with Gasteiger partial charge >= 0.3 is 0 Å².